The maximum absolute atomic E-state index is 13.9. The fourth-order valence-electron chi connectivity index (χ4n) is 4.82. The van der Waals surface area contributed by atoms with Crippen molar-refractivity contribution in [3.8, 4) is 11.5 Å². The summed E-state index contributed by atoms with van der Waals surface area (Å²) in [6, 6.07) is 18.6. The first-order valence-corrected chi connectivity index (χ1v) is 15.0. The lowest BCUT2D eigenvalue weighted by Crippen LogP contribution is -2.40. The van der Waals surface area contributed by atoms with Crippen molar-refractivity contribution >= 4 is 39.3 Å². The number of carbonyl (C=O) groups excluding carboxylic acids is 1. The van der Waals surface area contributed by atoms with Gasteiger partial charge in [-0.25, -0.2) is 14.2 Å². The number of hydrogen-bond donors (Lipinski definition) is 0. The molecule has 0 spiro atoms. The van der Waals surface area contributed by atoms with Crippen LogP contribution < -0.4 is 24.4 Å². The summed E-state index contributed by atoms with van der Waals surface area (Å²) in [5.74, 6) is 0.0962. The highest BCUT2D eigenvalue weighted by atomic mass is 79.9. The molecule has 4 aromatic rings. The van der Waals surface area contributed by atoms with E-state index in [2.05, 4.69) is 15.9 Å². The minimum atomic E-state index is -0.670. The Labute approximate surface area is 254 Å². The van der Waals surface area contributed by atoms with Crippen LogP contribution in [0, 0.1) is 5.82 Å². The van der Waals surface area contributed by atoms with Crippen molar-refractivity contribution in [2.24, 2.45) is 4.99 Å². The van der Waals surface area contributed by atoms with Crippen LogP contribution in [0.1, 0.15) is 43.0 Å². The number of benzene rings is 3. The molecule has 3 aromatic carbocycles. The average Bonchev–Trinajstić information content (AvgIpc) is 3.30. The van der Waals surface area contributed by atoms with E-state index in [1.165, 1.54) is 30.6 Å². The van der Waals surface area contributed by atoms with Crippen LogP contribution in [0.3, 0.4) is 0 Å². The van der Waals surface area contributed by atoms with Gasteiger partial charge in [0.1, 0.15) is 12.4 Å². The van der Waals surface area contributed by atoms with E-state index in [4.69, 9.17) is 19.2 Å². The molecule has 0 aliphatic carbocycles. The second kappa shape index (κ2) is 12.9. The van der Waals surface area contributed by atoms with Crippen LogP contribution >= 0.6 is 27.3 Å². The Morgan fingerprint density at radius 3 is 2.57 bits per heavy atom. The first-order chi connectivity index (χ1) is 20.3. The number of carbonyl (C=O) groups is 1. The number of thiazole rings is 1. The van der Waals surface area contributed by atoms with E-state index in [9.17, 15) is 14.0 Å². The topological polar surface area (TPSA) is 79.1 Å². The van der Waals surface area contributed by atoms with Gasteiger partial charge in [-0.3, -0.25) is 9.36 Å². The molecular formula is C32H28BrFN2O5S. The molecule has 42 heavy (non-hydrogen) atoms. The lowest BCUT2D eigenvalue weighted by atomic mass is 9.95. The normalized spacial score (nSPS) is 14.8. The summed E-state index contributed by atoms with van der Waals surface area (Å²) >= 11 is 4.83. The zero-order valence-corrected chi connectivity index (χ0v) is 25.6. The summed E-state index contributed by atoms with van der Waals surface area (Å²) in [6.07, 6.45) is 2.27. The number of fused-ring (bicyclic) bond motifs is 1. The third kappa shape index (κ3) is 5.96. The van der Waals surface area contributed by atoms with Gasteiger partial charge in [-0.05, 0) is 76.3 Å². The average molecular weight is 652 g/mol. The molecule has 5 rings (SSSR count). The minimum Gasteiger partial charge on any atom is -0.490 e. The van der Waals surface area contributed by atoms with Gasteiger partial charge in [-0.2, -0.15) is 0 Å². The smallest absolute Gasteiger partial charge is 0.338 e. The van der Waals surface area contributed by atoms with E-state index >= 15 is 0 Å². The van der Waals surface area contributed by atoms with E-state index in [1.807, 2.05) is 50.2 Å². The minimum absolute atomic E-state index is 0.149. The van der Waals surface area contributed by atoms with Gasteiger partial charge < -0.3 is 14.2 Å². The predicted molar refractivity (Wildman–Crippen MR) is 163 cm³/mol. The van der Waals surface area contributed by atoms with E-state index in [0.717, 1.165) is 5.56 Å². The van der Waals surface area contributed by atoms with Gasteiger partial charge in [-0.15, -0.1) is 0 Å². The van der Waals surface area contributed by atoms with Gasteiger partial charge in [0.2, 0.25) is 0 Å². The highest BCUT2D eigenvalue weighted by Gasteiger charge is 2.33. The predicted octanol–water partition coefficient (Wildman–Crippen LogP) is 5.68. The standard InChI is InChI=1S/C32H28BrFN2O5S/c1-4-24-27(31(38)39-3)28(21-11-7-6-8-12-21)36-30(37)26(42-32(36)35-24)17-20-15-23(33)29(25(16-20)40-5-2)41-18-19-10-9-13-22(34)14-19/h6-17,28H,4-5,18H2,1-3H3/b26-17-/t28-/m1/s1. The zero-order valence-electron chi connectivity index (χ0n) is 23.2. The van der Waals surface area contributed by atoms with Crippen LogP contribution in [0.2, 0.25) is 0 Å². The maximum atomic E-state index is 13.9. The highest BCUT2D eigenvalue weighted by Crippen LogP contribution is 2.38. The first-order valence-electron chi connectivity index (χ1n) is 13.4. The van der Waals surface area contributed by atoms with Crippen molar-refractivity contribution < 1.29 is 23.4 Å². The molecule has 0 saturated carbocycles. The number of rotatable bonds is 9. The van der Waals surface area contributed by atoms with Gasteiger partial charge in [0.25, 0.3) is 5.56 Å². The van der Waals surface area contributed by atoms with Crippen molar-refractivity contribution in [1.29, 1.82) is 0 Å². The molecule has 1 aliphatic rings. The molecule has 0 amide bonds. The SMILES string of the molecule is CCOc1cc(/C=c2\sc3n(c2=O)[C@H](c2ccccc2)C(C(=O)OC)=C(CC)N=3)cc(Br)c1OCc1cccc(F)c1. The molecule has 1 atom stereocenters. The van der Waals surface area contributed by atoms with Crippen LogP contribution in [0.25, 0.3) is 6.08 Å². The van der Waals surface area contributed by atoms with Gasteiger partial charge in [0.05, 0.1) is 40.0 Å². The Balaban J connectivity index is 1.60. The largest absolute Gasteiger partial charge is 0.490 e. The van der Waals surface area contributed by atoms with E-state index in [-0.39, 0.29) is 18.0 Å². The molecule has 0 N–H and O–H groups in total. The number of hydrogen-bond acceptors (Lipinski definition) is 7. The fourth-order valence-corrected chi connectivity index (χ4v) is 6.42. The number of aromatic nitrogens is 1. The summed E-state index contributed by atoms with van der Waals surface area (Å²) in [7, 11) is 1.33. The third-order valence-electron chi connectivity index (χ3n) is 6.67. The van der Waals surface area contributed by atoms with Crippen molar-refractivity contribution in [3.05, 3.63) is 125 Å². The summed E-state index contributed by atoms with van der Waals surface area (Å²) in [4.78, 5) is 32.1. The molecule has 0 bridgehead atoms. The second-order valence-corrected chi connectivity index (χ2v) is 11.2. The molecule has 0 fully saturated rings. The van der Waals surface area contributed by atoms with Crippen LogP contribution in [0.5, 0.6) is 11.5 Å². The lowest BCUT2D eigenvalue weighted by Gasteiger charge is -2.25. The van der Waals surface area contributed by atoms with Crippen LogP contribution in [0.15, 0.2) is 92.3 Å². The van der Waals surface area contributed by atoms with Crippen LogP contribution in [-0.2, 0) is 16.1 Å². The fraction of sp³-hybridized carbons (Fsp3) is 0.219. The van der Waals surface area contributed by atoms with Gasteiger partial charge in [0.15, 0.2) is 16.3 Å². The molecule has 7 nitrogen and oxygen atoms in total. The summed E-state index contributed by atoms with van der Waals surface area (Å²) < 4.78 is 33.3. The Hall–Kier alpha value is -4.02. The van der Waals surface area contributed by atoms with Gasteiger partial charge >= 0.3 is 5.97 Å². The van der Waals surface area contributed by atoms with Crippen molar-refractivity contribution in [2.45, 2.75) is 32.9 Å². The van der Waals surface area contributed by atoms with Crippen molar-refractivity contribution in [1.82, 2.24) is 4.57 Å². The number of methoxy groups -OCH3 is 1. The number of halogens is 2. The van der Waals surface area contributed by atoms with Crippen LogP contribution in [0.4, 0.5) is 4.39 Å². The van der Waals surface area contributed by atoms with E-state index in [1.54, 1.807) is 28.8 Å². The van der Waals surface area contributed by atoms with Crippen LogP contribution in [-0.4, -0.2) is 24.3 Å². The molecule has 2 heterocycles. The molecular weight excluding hydrogens is 623 g/mol. The summed E-state index contributed by atoms with van der Waals surface area (Å²) in [5.41, 5.74) is 2.83. The summed E-state index contributed by atoms with van der Waals surface area (Å²) in [6.45, 7) is 4.32. The molecule has 0 unspecified atom stereocenters. The monoisotopic (exact) mass is 650 g/mol. The molecule has 1 aliphatic heterocycles. The number of ether oxygens (including phenoxy) is 3. The first kappa shape index (κ1) is 29.5. The number of nitrogens with zero attached hydrogens (tertiary/aromatic N) is 2. The molecule has 216 valence electrons. The molecule has 10 heteroatoms. The highest BCUT2D eigenvalue weighted by molar-refractivity contribution is 9.10. The Morgan fingerprint density at radius 2 is 1.88 bits per heavy atom. The van der Waals surface area contributed by atoms with Gasteiger partial charge in [-0.1, -0.05) is 60.7 Å². The van der Waals surface area contributed by atoms with Crippen molar-refractivity contribution in [3.63, 3.8) is 0 Å². The molecule has 0 saturated heterocycles. The number of esters is 1. The van der Waals surface area contributed by atoms with Gasteiger partial charge in [0, 0.05) is 0 Å². The third-order valence-corrected chi connectivity index (χ3v) is 8.24. The Bertz CT molecular complexity index is 1850. The number of allylic oxidation sites excluding steroid dienone is 1. The Kier molecular flexibility index (Phi) is 9.03. The molecule has 1 aromatic heterocycles. The van der Waals surface area contributed by atoms with Crippen molar-refractivity contribution in [2.75, 3.05) is 13.7 Å². The second-order valence-electron chi connectivity index (χ2n) is 9.38. The van der Waals surface area contributed by atoms with E-state index in [0.29, 0.717) is 60.7 Å². The Morgan fingerprint density at radius 1 is 1.10 bits per heavy atom. The summed E-state index contributed by atoms with van der Waals surface area (Å²) in [5, 5.41) is 0. The lowest BCUT2D eigenvalue weighted by molar-refractivity contribution is -0.136. The molecule has 0 radical (unpaired) electrons. The maximum Gasteiger partial charge on any atom is 0.338 e. The zero-order chi connectivity index (χ0) is 29.8. The van der Waals surface area contributed by atoms with E-state index < -0.39 is 12.0 Å². The quantitative estimate of drug-likeness (QED) is 0.218.